The summed E-state index contributed by atoms with van der Waals surface area (Å²) in [4.78, 5) is 34.0. The van der Waals surface area contributed by atoms with Crippen LogP contribution in [0.15, 0.2) is 18.2 Å². The second-order valence-electron chi connectivity index (χ2n) is 8.11. The fraction of sp³-hybridized carbons (Fsp3) is 0.526. The molecule has 0 amide bonds. The normalized spacial score (nSPS) is 14.5. The highest BCUT2D eigenvalue weighted by atomic mass is 19.4. The molecule has 0 saturated heterocycles. The summed E-state index contributed by atoms with van der Waals surface area (Å²) in [6, 6.07) is -1.28. The summed E-state index contributed by atoms with van der Waals surface area (Å²) in [6.07, 6.45) is -21.6. The lowest BCUT2D eigenvalue weighted by Crippen LogP contribution is -2.57. The molecule has 0 aromatic heterocycles. The van der Waals surface area contributed by atoms with E-state index in [4.69, 9.17) is 0 Å². The van der Waals surface area contributed by atoms with Gasteiger partial charge < -0.3 is 14.2 Å². The number of carbonyl (C=O) groups is 3. The van der Waals surface area contributed by atoms with Crippen molar-refractivity contribution in [3.63, 3.8) is 0 Å². The van der Waals surface area contributed by atoms with E-state index in [0.717, 1.165) is 0 Å². The van der Waals surface area contributed by atoms with Crippen molar-refractivity contribution in [2.24, 2.45) is 0 Å². The van der Waals surface area contributed by atoms with Crippen LogP contribution in [0.5, 0.6) is 11.5 Å². The number of rotatable bonds is 10. The monoisotopic (exact) mass is 728 g/mol. The largest absolute Gasteiger partial charge is 0.460 e. The molecule has 6 nitrogen and oxygen atoms in total. The first kappa shape index (κ1) is 40.2. The first-order chi connectivity index (χ1) is 20.0. The molecular weight excluding hydrogens is 723 g/mol. The molecule has 0 radical (unpaired) electrons. The van der Waals surface area contributed by atoms with Gasteiger partial charge in [-0.15, -0.1) is 0 Å². The quantitative estimate of drug-likeness (QED) is 0.146. The molecule has 0 fully saturated rings. The molecule has 1 rings (SSSR count). The van der Waals surface area contributed by atoms with Crippen LogP contribution in [0.1, 0.15) is 5.56 Å². The zero-order chi connectivity index (χ0) is 36.9. The first-order valence-electron chi connectivity index (χ1n) is 10.2. The Balaban J connectivity index is 3.62. The summed E-state index contributed by atoms with van der Waals surface area (Å²) in [7, 11) is 0. The summed E-state index contributed by atoms with van der Waals surface area (Å²) >= 11 is 0. The van der Waals surface area contributed by atoms with Crippen molar-refractivity contribution in [2.45, 2.75) is 60.7 Å². The molecule has 0 bridgehead atoms. The van der Waals surface area contributed by atoms with E-state index in [-0.39, 0.29) is 12.1 Å². The Morgan fingerprint density at radius 3 is 0.957 bits per heavy atom. The molecule has 264 valence electrons. The molecule has 0 spiro atoms. The third-order valence-corrected chi connectivity index (χ3v) is 4.75. The molecule has 0 atom stereocenters. The minimum Gasteiger partial charge on any atom is -0.456 e. The maximum Gasteiger partial charge on any atom is 0.460 e. The number of benzene rings is 1. The van der Waals surface area contributed by atoms with Crippen LogP contribution in [0.25, 0.3) is 0 Å². The summed E-state index contributed by atoms with van der Waals surface area (Å²) in [6.45, 7) is -2.29. The Bertz CT molecular complexity index is 1250. The van der Waals surface area contributed by atoms with Gasteiger partial charge in [-0.1, -0.05) is 0 Å². The standard InChI is InChI=1S/C19H5F21O6/c20-11(21,14(26,27)17(32,33)34)8(41)44-4-5-1-6(45-9(42)12(22,23)15(28,29)18(35,36)37)3-7(2-5)46-10(43)13(24,25)16(30,31)19(38,39)40/h1-3H,4H2. The predicted molar refractivity (Wildman–Crippen MR) is 95.4 cm³/mol. The topological polar surface area (TPSA) is 78.9 Å². The van der Waals surface area contributed by atoms with Crippen molar-refractivity contribution in [3.8, 4) is 11.5 Å². The van der Waals surface area contributed by atoms with E-state index >= 15 is 0 Å². The first-order valence-corrected chi connectivity index (χ1v) is 10.2. The fourth-order valence-electron chi connectivity index (χ4n) is 2.33. The minimum atomic E-state index is -7.29. The van der Waals surface area contributed by atoms with E-state index in [1.807, 2.05) is 0 Å². The summed E-state index contributed by atoms with van der Waals surface area (Å²) in [5.74, 6) is -58.5. The van der Waals surface area contributed by atoms with Gasteiger partial charge in [0, 0.05) is 6.07 Å². The average Bonchev–Trinajstić information content (AvgIpc) is 2.84. The molecular formula is C19H5F21O6. The van der Waals surface area contributed by atoms with E-state index in [1.54, 1.807) is 0 Å². The zero-order valence-electron chi connectivity index (χ0n) is 20.3. The summed E-state index contributed by atoms with van der Waals surface area (Å²) < 4.78 is 280. The third-order valence-electron chi connectivity index (χ3n) is 4.75. The number of ether oxygens (including phenoxy) is 3. The number of hydrogen-bond donors (Lipinski definition) is 0. The van der Waals surface area contributed by atoms with Crippen LogP contribution in [0.3, 0.4) is 0 Å². The molecule has 0 aliphatic heterocycles. The number of halogens is 21. The lowest BCUT2D eigenvalue weighted by atomic mass is 10.1. The molecule has 1 aromatic carbocycles. The molecule has 27 heteroatoms. The molecule has 0 unspecified atom stereocenters. The smallest absolute Gasteiger partial charge is 0.456 e. The summed E-state index contributed by atoms with van der Waals surface area (Å²) in [5, 5.41) is 0. The van der Waals surface area contributed by atoms with Crippen molar-refractivity contribution < 1.29 is 121 Å². The second-order valence-corrected chi connectivity index (χ2v) is 8.11. The SMILES string of the molecule is O=C(OCc1cc(OC(=O)C(F)(F)C(F)(F)C(F)(F)F)cc(OC(=O)C(F)(F)C(F)(F)C(F)(F)F)c1)C(F)(F)C(F)(F)C(F)(F)F. The zero-order valence-corrected chi connectivity index (χ0v) is 20.3. The highest BCUT2D eigenvalue weighted by Crippen LogP contribution is 2.49. The van der Waals surface area contributed by atoms with Gasteiger partial charge in [0.25, 0.3) is 0 Å². The predicted octanol–water partition coefficient (Wildman–Crippen LogP) is 7.04. The highest BCUT2D eigenvalue weighted by Gasteiger charge is 2.79. The van der Waals surface area contributed by atoms with Crippen molar-refractivity contribution in [1.82, 2.24) is 0 Å². The van der Waals surface area contributed by atoms with Crippen LogP contribution < -0.4 is 9.47 Å². The Labute approximate surface area is 235 Å². The second kappa shape index (κ2) is 11.8. The van der Waals surface area contributed by atoms with Crippen LogP contribution in [0.2, 0.25) is 0 Å². The van der Waals surface area contributed by atoms with Gasteiger partial charge in [-0.3, -0.25) is 0 Å². The van der Waals surface area contributed by atoms with Gasteiger partial charge in [0.05, 0.1) is 0 Å². The van der Waals surface area contributed by atoms with Crippen LogP contribution in [-0.4, -0.2) is 72.0 Å². The van der Waals surface area contributed by atoms with E-state index in [0.29, 0.717) is 0 Å². The number of hydrogen-bond acceptors (Lipinski definition) is 6. The van der Waals surface area contributed by atoms with E-state index in [9.17, 15) is 107 Å². The maximum absolute atomic E-state index is 13.5. The fourth-order valence-corrected chi connectivity index (χ4v) is 2.33. The molecule has 0 aliphatic carbocycles. The van der Waals surface area contributed by atoms with Crippen molar-refractivity contribution >= 4 is 17.9 Å². The number of carbonyl (C=O) groups excluding carboxylic acids is 3. The van der Waals surface area contributed by atoms with Gasteiger partial charge in [0.15, 0.2) is 0 Å². The Hall–Kier alpha value is -3.84. The number of alkyl halides is 21. The van der Waals surface area contributed by atoms with Gasteiger partial charge in [0.1, 0.15) is 18.1 Å². The maximum atomic E-state index is 13.5. The van der Waals surface area contributed by atoms with Crippen LogP contribution in [-0.2, 0) is 25.7 Å². The van der Waals surface area contributed by atoms with Gasteiger partial charge in [-0.2, -0.15) is 92.2 Å². The van der Waals surface area contributed by atoms with E-state index in [2.05, 4.69) is 14.2 Å². The molecule has 46 heavy (non-hydrogen) atoms. The molecule has 0 saturated carbocycles. The summed E-state index contributed by atoms with van der Waals surface area (Å²) in [5.41, 5.74) is -1.62. The lowest BCUT2D eigenvalue weighted by Gasteiger charge is -2.27. The van der Waals surface area contributed by atoms with Crippen LogP contribution >= 0.6 is 0 Å². The van der Waals surface area contributed by atoms with E-state index in [1.165, 1.54) is 0 Å². The van der Waals surface area contributed by atoms with Gasteiger partial charge in [-0.25, -0.2) is 14.4 Å². The lowest BCUT2D eigenvalue weighted by molar-refractivity contribution is -0.348. The Kier molecular flexibility index (Phi) is 10.3. The van der Waals surface area contributed by atoms with Crippen molar-refractivity contribution in [3.05, 3.63) is 23.8 Å². The highest BCUT2D eigenvalue weighted by molar-refractivity contribution is 5.83. The van der Waals surface area contributed by atoms with Crippen molar-refractivity contribution in [2.75, 3.05) is 0 Å². The van der Waals surface area contributed by atoms with Gasteiger partial charge >= 0.3 is 72.0 Å². The third kappa shape index (κ3) is 7.10. The van der Waals surface area contributed by atoms with Gasteiger partial charge in [-0.05, 0) is 17.7 Å². The van der Waals surface area contributed by atoms with Gasteiger partial charge in [0.2, 0.25) is 0 Å². The average molecular weight is 728 g/mol. The molecule has 0 heterocycles. The van der Waals surface area contributed by atoms with Crippen molar-refractivity contribution in [1.29, 1.82) is 0 Å². The molecule has 0 N–H and O–H groups in total. The minimum absolute atomic E-state index is 0.354. The Morgan fingerprint density at radius 2 is 0.696 bits per heavy atom. The van der Waals surface area contributed by atoms with Crippen LogP contribution in [0.4, 0.5) is 92.2 Å². The van der Waals surface area contributed by atoms with E-state index < -0.39 is 102 Å². The molecule has 0 aliphatic rings. The Morgan fingerprint density at radius 1 is 0.435 bits per heavy atom. The number of esters is 3. The van der Waals surface area contributed by atoms with Crippen LogP contribution in [0, 0.1) is 0 Å². The molecule has 1 aromatic rings.